The molecule has 0 unspecified atom stereocenters. The number of hydrogen-bond donors (Lipinski definition) is 4. The minimum Gasteiger partial charge on any atom is -0.384 e. The Labute approximate surface area is 383 Å². The van der Waals surface area contributed by atoms with E-state index in [1.54, 1.807) is 12.1 Å². The van der Waals surface area contributed by atoms with E-state index in [-0.39, 0.29) is 11.3 Å². The number of nitrogens with one attached hydrogen (secondary N) is 4. The van der Waals surface area contributed by atoms with E-state index in [1.807, 2.05) is 47.2 Å². The van der Waals surface area contributed by atoms with Crippen molar-refractivity contribution in [1.82, 2.24) is 14.9 Å². The Balaban J connectivity index is 1.10. The molecule has 4 aromatic carbocycles. The molecule has 1 saturated heterocycles. The van der Waals surface area contributed by atoms with Gasteiger partial charge in [-0.15, -0.1) is 11.8 Å². The smallest absolute Gasteiger partial charge is 0.384 e. The normalized spacial score (nSPS) is 16.2. The summed E-state index contributed by atoms with van der Waals surface area (Å²) < 4.78 is 85.5. The van der Waals surface area contributed by atoms with Gasteiger partial charge < -0.3 is 25.6 Å². The van der Waals surface area contributed by atoms with Gasteiger partial charge in [0.2, 0.25) is 0 Å². The van der Waals surface area contributed by atoms with Gasteiger partial charge in [-0.1, -0.05) is 53.9 Å². The molecule has 4 N–H and O–H groups in total. The van der Waals surface area contributed by atoms with Crippen molar-refractivity contribution >= 4 is 77.7 Å². The lowest BCUT2D eigenvalue weighted by atomic mass is 9.96. The average molecular weight is 965 g/mol. The standard InChI is InChI=1S/C45H53Cl2F2N5O6S3/c46-36-16-12-33(13-17-36)41-11-6-1-3-8-35(41)31-50-23-24-51-37-18-14-34(15-19-37)44(55)53-63(58,59)40-20-21-42(43(30-40)62(56,57)45(47,48)49)52-38(32-61-39-9-4-2-5-10-39)22-26-54-25-7-28-60-29-27-54/h2,4-5,9-10,12-21,30,38,50-52H,1,3,6-8,11,22-29,31-32H2,(H,53,55)/t38-/m1/s1. The van der Waals surface area contributed by atoms with Crippen LogP contribution in [-0.4, -0.2) is 96.6 Å². The van der Waals surface area contributed by atoms with Gasteiger partial charge in [-0.05, 0) is 128 Å². The van der Waals surface area contributed by atoms with Crippen molar-refractivity contribution in [3.05, 3.63) is 119 Å². The minimum absolute atomic E-state index is 0.00503. The first-order valence-corrected chi connectivity index (χ1v) is 25.7. The molecule has 0 spiro atoms. The van der Waals surface area contributed by atoms with E-state index in [0.29, 0.717) is 68.3 Å². The zero-order chi connectivity index (χ0) is 44.9. The van der Waals surface area contributed by atoms with E-state index in [9.17, 15) is 30.4 Å². The number of rotatable bonds is 20. The Bertz CT molecular complexity index is 2380. The van der Waals surface area contributed by atoms with Crippen LogP contribution < -0.4 is 20.7 Å². The zero-order valence-electron chi connectivity index (χ0n) is 34.8. The summed E-state index contributed by atoms with van der Waals surface area (Å²) in [5.41, 5.74) is 4.44. The monoisotopic (exact) mass is 963 g/mol. The van der Waals surface area contributed by atoms with E-state index in [4.69, 9.17) is 27.9 Å². The summed E-state index contributed by atoms with van der Waals surface area (Å²) in [4.78, 5) is 14.6. The fourth-order valence-electron chi connectivity index (χ4n) is 7.48. The number of ether oxygens (including phenoxy) is 1. The zero-order valence-corrected chi connectivity index (χ0v) is 38.7. The van der Waals surface area contributed by atoms with Gasteiger partial charge >= 0.3 is 4.71 Å². The third-order valence-corrected chi connectivity index (χ3v) is 15.8. The molecular weight excluding hydrogens is 912 g/mol. The van der Waals surface area contributed by atoms with Crippen molar-refractivity contribution in [2.75, 3.05) is 68.9 Å². The third-order valence-electron chi connectivity index (χ3n) is 10.9. The molecule has 1 atom stereocenters. The van der Waals surface area contributed by atoms with Crippen LogP contribution in [0.3, 0.4) is 0 Å². The van der Waals surface area contributed by atoms with E-state index in [1.165, 1.54) is 47.0 Å². The molecule has 0 aromatic heterocycles. The van der Waals surface area contributed by atoms with Crippen LogP contribution in [0.25, 0.3) is 5.57 Å². The summed E-state index contributed by atoms with van der Waals surface area (Å²) in [5.74, 6) is -0.570. The van der Waals surface area contributed by atoms with Gasteiger partial charge in [0, 0.05) is 78.8 Å². The molecule has 11 nitrogen and oxygen atoms in total. The SMILES string of the molecule is O=C(NS(=O)(=O)c1ccc(N[C@H](CCN2CCCOCC2)CSc2ccccc2)c(S(=O)(=O)C(F)(F)Cl)c1)c1ccc(NCCNCC2=C(c3ccc(Cl)cc3)CCCCC2)cc1. The fourth-order valence-corrected chi connectivity index (χ4v) is 10.9. The number of anilines is 2. The summed E-state index contributed by atoms with van der Waals surface area (Å²) in [6.07, 6.45) is 6.92. The number of halogens is 4. The number of sulfonamides is 1. The number of alkyl halides is 3. The van der Waals surface area contributed by atoms with Crippen LogP contribution in [0.15, 0.2) is 117 Å². The van der Waals surface area contributed by atoms with Gasteiger partial charge in [0.1, 0.15) is 0 Å². The first-order valence-electron chi connectivity index (χ1n) is 21.0. The molecule has 2 aliphatic rings. The molecule has 6 rings (SSSR count). The molecule has 0 saturated carbocycles. The fraction of sp³-hybridized carbons (Fsp3) is 0.400. The maximum Gasteiger partial charge on any atom is 0.427 e. The molecule has 1 fully saturated rings. The minimum atomic E-state index is -5.62. The maximum absolute atomic E-state index is 14.6. The first-order chi connectivity index (χ1) is 30.2. The Hall–Kier alpha value is -3.74. The highest BCUT2D eigenvalue weighted by molar-refractivity contribution is 7.99. The molecule has 1 amide bonds. The number of amides is 1. The molecule has 4 aromatic rings. The molecule has 0 bridgehead atoms. The van der Waals surface area contributed by atoms with Crippen molar-refractivity contribution in [3.8, 4) is 0 Å². The summed E-state index contributed by atoms with van der Waals surface area (Å²) >= 11 is 12.8. The van der Waals surface area contributed by atoms with Crippen molar-refractivity contribution in [2.45, 2.75) is 70.4 Å². The van der Waals surface area contributed by atoms with Crippen molar-refractivity contribution in [2.24, 2.45) is 0 Å². The van der Waals surface area contributed by atoms with E-state index in [0.717, 1.165) is 62.2 Å². The Morgan fingerprint density at radius 1 is 0.857 bits per heavy atom. The number of nitrogens with zero attached hydrogens (tertiary/aromatic N) is 1. The van der Waals surface area contributed by atoms with Crippen molar-refractivity contribution in [1.29, 1.82) is 0 Å². The largest absolute Gasteiger partial charge is 0.427 e. The molecule has 0 radical (unpaired) electrons. The number of carbonyl (C=O) groups is 1. The van der Waals surface area contributed by atoms with Gasteiger partial charge in [-0.25, -0.2) is 21.6 Å². The number of allylic oxidation sites excluding steroid dienone is 1. The van der Waals surface area contributed by atoms with E-state index >= 15 is 0 Å². The van der Waals surface area contributed by atoms with Crippen molar-refractivity contribution < 1.29 is 35.1 Å². The first kappa shape index (κ1) is 48.7. The molecular formula is C45H53Cl2F2N5O6S3. The highest BCUT2D eigenvalue weighted by Crippen LogP contribution is 2.38. The number of hydrogen-bond acceptors (Lipinski definition) is 11. The molecule has 1 aliphatic carbocycles. The summed E-state index contributed by atoms with van der Waals surface area (Å²) in [5, 5.41) is 10.6. The summed E-state index contributed by atoms with van der Waals surface area (Å²) in [6, 6.07) is 26.0. The van der Waals surface area contributed by atoms with Gasteiger partial charge in [0.15, 0.2) is 0 Å². The highest BCUT2D eigenvalue weighted by atomic mass is 35.5. The molecule has 18 heteroatoms. The predicted octanol–water partition coefficient (Wildman–Crippen LogP) is 9.13. The van der Waals surface area contributed by atoms with Crippen LogP contribution in [-0.2, 0) is 24.6 Å². The Morgan fingerprint density at radius 3 is 2.35 bits per heavy atom. The lowest BCUT2D eigenvalue weighted by Crippen LogP contribution is -2.34. The van der Waals surface area contributed by atoms with E-state index < -0.39 is 46.3 Å². The summed E-state index contributed by atoms with van der Waals surface area (Å²) in [6.45, 7) is 5.37. The lowest BCUT2D eigenvalue weighted by Gasteiger charge is -2.26. The second-order valence-electron chi connectivity index (χ2n) is 15.4. The van der Waals surface area contributed by atoms with Gasteiger partial charge in [0.05, 0.1) is 22.1 Å². The number of thioether (sulfide) groups is 1. The van der Waals surface area contributed by atoms with Crippen molar-refractivity contribution in [3.63, 3.8) is 0 Å². The van der Waals surface area contributed by atoms with Crippen LogP contribution in [0, 0.1) is 0 Å². The lowest BCUT2D eigenvalue weighted by molar-refractivity contribution is 0.0981. The number of sulfone groups is 1. The van der Waals surface area contributed by atoms with Gasteiger partial charge in [-0.3, -0.25) is 4.79 Å². The third kappa shape index (κ3) is 14.1. The molecule has 1 heterocycles. The molecule has 63 heavy (non-hydrogen) atoms. The van der Waals surface area contributed by atoms with Crippen LogP contribution >= 0.6 is 35.0 Å². The molecule has 340 valence electrons. The number of benzene rings is 4. The van der Waals surface area contributed by atoms with Crippen LogP contribution in [0.2, 0.25) is 5.02 Å². The number of carbonyl (C=O) groups excluding carboxylic acids is 1. The van der Waals surface area contributed by atoms with Crippen LogP contribution in [0.4, 0.5) is 20.2 Å². The average Bonchev–Trinajstić information content (AvgIpc) is 3.68. The second kappa shape index (κ2) is 22.9. The van der Waals surface area contributed by atoms with Gasteiger partial charge in [0.25, 0.3) is 25.8 Å². The van der Waals surface area contributed by atoms with Crippen LogP contribution in [0.1, 0.15) is 60.9 Å². The van der Waals surface area contributed by atoms with Crippen LogP contribution in [0.5, 0.6) is 0 Å². The quantitative estimate of drug-likeness (QED) is 0.0382. The van der Waals surface area contributed by atoms with Gasteiger partial charge in [-0.2, -0.15) is 8.78 Å². The Kier molecular flexibility index (Phi) is 17.7. The highest BCUT2D eigenvalue weighted by Gasteiger charge is 2.46. The second-order valence-corrected chi connectivity index (χ2v) is 21.3. The molecule has 1 aliphatic heterocycles. The van der Waals surface area contributed by atoms with E-state index in [2.05, 4.69) is 33.0 Å². The topological polar surface area (TPSA) is 146 Å². The predicted molar refractivity (Wildman–Crippen MR) is 249 cm³/mol. The summed E-state index contributed by atoms with van der Waals surface area (Å²) in [7, 11) is -10.4. The maximum atomic E-state index is 14.6. The Morgan fingerprint density at radius 2 is 1.60 bits per heavy atom.